The van der Waals surface area contributed by atoms with Crippen molar-refractivity contribution >= 4 is 23.4 Å². The lowest BCUT2D eigenvalue weighted by atomic mass is 10.1. The first-order valence-electron chi connectivity index (χ1n) is 4.47. The highest BCUT2D eigenvalue weighted by Crippen LogP contribution is 2.39. The van der Waals surface area contributed by atoms with Gasteiger partial charge in [0.25, 0.3) is 0 Å². The Bertz CT molecular complexity index is 492. The molecule has 82 valence electrons. The Balaban J connectivity index is 2.46. The number of amides is 1. The van der Waals surface area contributed by atoms with E-state index < -0.39 is 6.09 Å². The highest BCUT2D eigenvalue weighted by Gasteiger charge is 2.29. The molecule has 1 atom stereocenters. The number of benzene rings is 1. The summed E-state index contributed by atoms with van der Waals surface area (Å²) in [6.07, 6.45) is -1.35. The number of hydrogen-bond donors (Lipinski definition) is 2. The number of carboxylic acid groups (broad SMARTS) is 1. The molecule has 1 aromatic carbocycles. The van der Waals surface area contributed by atoms with Crippen LogP contribution in [0.4, 0.5) is 10.5 Å². The summed E-state index contributed by atoms with van der Waals surface area (Å²) in [7, 11) is 0. The fourth-order valence-electron chi connectivity index (χ4n) is 1.38. The van der Waals surface area contributed by atoms with Crippen LogP contribution in [0.2, 0.25) is 5.02 Å². The molecule has 0 aromatic heterocycles. The Kier molecular flexibility index (Phi) is 2.69. The second-order valence-corrected chi connectivity index (χ2v) is 3.67. The molecule has 1 aliphatic heterocycles. The monoisotopic (exact) mass is 238 g/mol. The quantitative estimate of drug-likeness (QED) is 0.775. The molecular weight excluding hydrogens is 232 g/mol. The van der Waals surface area contributed by atoms with Crippen LogP contribution in [0.5, 0.6) is 0 Å². The van der Waals surface area contributed by atoms with Gasteiger partial charge >= 0.3 is 6.09 Å². The van der Waals surface area contributed by atoms with Crippen LogP contribution in [0.15, 0.2) is 12.1 Å². The second-order valence-electron chi connectivity index (χ2n) is 3.29. The van der Waals surface area contributed by atoms with E-state index in [0.29, 0.717) is 17.7 Å². The largest absolute Gasteiger partial charge is 0.465 e. The van der Waals surface area contributed by atoms with Crippen LogP contribution in [0.1, 0.15) is 17.2 Å². The van der Waals surface area contributed by atoms with E-state index in [1.807, 2.05) is 6.07 Å². The van der Waals surface area contributed by atoms with Crippen molar-refractivity contribution in [2.24, 2.45) is 0 Å². The number of nitrogens with one attached hydrogen (secondary N) is 1. The van der Waals surface area contributed by atoms with Crippen molar-refractivity contribution in [2.75, 3.05) is 11.9 Å². The minimum absolute atomic E-state index is 0.129. The molecule has 1 unspecified atom stereocenters. The average molecular weight is 239 g/mol. The van der Waals surface area contributed by atoms with Crippen molar-refractivity contribution in [1.29, 1.82) is 5.26 Å². The summed E-state index contributed by atoms with van der Waals surface area (Å²) in [5.74, 6) is 0. The molecule has 5 nitrogen and oxygen atoms in total. The zero-order valence-electron chi connectivity index (χ0n) is 8.03. The van der Waals surface area contributed by atoms with Gasteiger partial charge in [-0.25, -0.2) is 4.79 Å². The molecule has 0 spiro atoms. The van der Waals surface area contributed by atoms with E-state index in [4.69, 9.17) is 26.7 Å². The first-order chi connectivity index (χ1) is 7.61. The van der Waals surface area contributed by atoms with Gasteiger partial charge in [-0.3, -0.25) is 5.32 Å². The van der Waals surface area contributed by atoms with Crippen LogP contribution in [-0.2, 0) is 4.74 Å². The molecule has 0 radical (unpaired) electrons. The van der Waals surface area contributed by atoms with Crippen molar-refractivity contribution in [1.82, 2.24) is 0 Å². The van der Waals surface area contributed by atoms with E-state index in [9.17, 15) is 4.79 Å². The molecule has 0 saturated carbocycles. The number of rotatable bonds is 2. The number of ether oxygens (including phenoxy) is 1. The third kappa shape index (κ3) is 2.08. The van der Waals surface area contributed by atoms with Crippen molar-refractivity contribution < 1.29 is 14.6 Å². The first kappa shape index (κ1) is 10.7. The summed E-state index contributed by atoms with van der Waals surface area (Å²) in [6, 6.07) is 4.94. The number of hydrogen-bond acceptors (Lipinski definition) is 3. The molecule has 1 fully saturated rings. The Hall–Kier alpha value is -1.77. The molecule has 2 rings (SSSR count). The minimum atomic E-state index is -1.22. The molecule has 1 saturated heterocycles. The van der Waals surface area contributed by atoms with E-state index >= 15 is 0 Å². The molecule has 1 heterocycles. The summed E-state index contributed by atoms with van der Waals surface area (Å²) < 4.78 is 5.07. The van der Waals surface area contributed by atoms with Crippen LogP contribution in [0.25, 0.3) is 0 Å². The van der Waals surface area contributed by atoms with Gasteiger partial charge in [-0.05, 0) is 12.1 Å². The van der Waals surface area contributed by atoms with Gasteiger partial charge in [-0.2, -0.15) is 5.26 Å². The highest BCUT2D eigenvalue weighted by atomic mass is 35.5. The molecular formula is C10H7ClN2O3. The maximum atomic E-state index is 10.5. The summed E-state index contributed by atoms with van der Waals surface area (Å²) in [5, 5.41) is 19.9. The van der Waals surface area contributed by atoms with E-state index in [-0.39, 0.29) is 16.8 Å². The van der Waals surface area contributed by atoms with Gasteiger partial charge < -0.3 is 9.84 Å². The van der Waals surface area contributed by atoms with Crippen LogP contribution >= 0.6 is 11.6 Å². The van der Waals surface area contributed by atoms with E-state index in [0.717, 1.165) is 0 Å². The van der Waals surface area contributed by atoms with Gasteiger partial charge in [0.05, 0.1) is 28.9 Å². The normalized spacial score (nSPS) is 17.6. The fourth-order valence-corrected chi connectivity index (χ4v) is 1.66. The van der Waals surface area contributed by atoms with Gasteiger partial charge in [-0.1, -0.05) is 11.6 Å². The number of epoxide rings is 1. The van der Waals surface area contributed by atoms with Crippen molar-refractivity contribution in [3.8, 4) is 6.07 Å². The Morgan fingerprint density at radius 1 is 1.69 bits per heavy atom. The number of nitriles is 1. The highest BCUT2D eigenvalue weighted by molar-refractivity contribution is 6.34. The van der Waals surface area contributed by atoms with Gasteiger partial charge in [0.1, 0.15) is 6.10 Å². The van der Waals surface area contributed by atoms with Crippen LogP contribution < -0.4 is 5.32 Å². The van der Waals surface area contributed by atoms with Gasteiger partial charge in [-0.15, -0.1) is 0 Å². The fraction of sp³-hybridized carbons (Fsp3) is 0.200. The Morgan fingerprint density at radius 3 is 2.88 bits per heavy atom. The molecule has 1 amide bonds. The topological polar surface area (TPSA) is 85.7 Å². The smallest absolute Gasteiger partial charge is 0.409 e. The molecule has 0 bridgehead atoms. The number of carbonyl (C=O) groups is 1. The summed E-state index contributed by atoms with van der Waals surface area (Å²) >= 11 is 6.00. The third-order valence-corrected chi connectivity index (χ3v) is 2.57. The third-order valence-electron chi connectivity index (χ3n) is 2.15. The Labute approximate surface area is 96.2 Å². The number of nitrogens with zero attached hydrogens (tertiary/aromatic N) is 1. The lowest BCUT2D eigenvalue weighted by Crippen LogP contribution is -2.08. The zero-order chi connectivity index (χ0) is 11.7. The number of halogens is 1. The van der Waals surface area contributed by atoms with E-state index in [1.165, 1.54) is 6.07 Å². The molecule has 0 aliphatic carbocycles. The Morgan fingerprint density at radius 2 is 2.38 bits per heavy atom. The van der Waals surface area contributed by atoms with Crippen molar-refractivity contribution in [2.45, 2.75) is 6.10 Å². The first-order valence-corrected chi connectivity index (χ1v) is 4.84. The van der Waals surface area contributed by atoms with Crippen LogP contribution in [0, 0.1) is 11.3 Å². The predicted octanol–water partition coefficient (Wildman–Crippen LogP) is 2.37. The molecule has 6 heteroatoms. The van der Waals surface area contributed by atoms with Crippen molar-refractivity contribution in [3.63, 3.8) is 0 Å². The molecule has 2 N–H and O–H groups in total. The minimum Gasteiger partial charge on any atom is -0.465 e. The lowest BCUT2D eigenvalue weighted by molar-refractivity contribution is 0.209. The zero-order valence-corrected chi connectivity index (χ0v) is 8.78. The summed E-state index contributed by atoms with van der Waals surface area (Å²) in [6.45, 7) is 0.543. The summed E-state index contributed by atoms with van der Waals surface area (Å²) in [4.78, 5) is 10.5. The summed E-state index contributed by atoms with van der Waals surface area (Å²) in [5.41, 5.74) is 1.20. The molecule has 16 heavy (non-hydrogen) atoms. The van der Waals surface area contributed by atoms with Gasteiger partial charge in [0, 0.05) is 5.56 Å². The second kappa shape index (κ2) is 4.00. The van der Waals surface area contributed by atoms with Gasteiger partial charge in [0.2, 0.25) is 0 Å². The van der Waals surface area contributed by atoms with Crippen LogP contribution in [-0.4, -0.2) is 17.8 Å². The van der Waals surface area contributed by atoms with Crippen molar-refractivity contribution in [3.05, 3.63) is 28.3 Å². The SMILES string of the molecule is N#Cc1cc(NC(=O)O)c(Cl)c(C2CO2)c1. The van der Waals surface area contributed by atoms with Gasteiger partial charge in [0.15, 0.2) is 0 Å². The maximum absolute atomic E-state index is 10.5. The molecule has 1 aromatic rings. The predicted molar refractivity (Wildman–Crippen MR) is 56.5 cm³/mol. The standard InChI is InChI=1S/C10H7ClN2O3/c11-9-6(8-4-16-8)1-5(3-12)2-7(9)13-10(14)15/h1-2,8,13H,4H2,(H,14,15). The van der Waals surface area contributed by atoms with Crippen LogP contribution in [0.3, 0.4) is 0 Å². The molecule has 1 aliphatic rings. The average Bonchev–Trinajstić information content (AvgIpc) is 3.04. The maximum Gasteiger partial charge on any atom is 0.409 e. The van der Waals surface area contributed by atoms with E-state index in [2.05, 4.69) is 5.32 Å². The number of anilines is 1. The van der Waals surface area contributed by atoms with E-state index in [1.54, 1.807) is 6.07 Å². The lowest BCUT2D eigenvalue weighted by Gasteiger charge is -2.08.